The number of carbonyl (C=O) groups excluding carboxylic acids is 1. The van der Waals surface area contributed by atoms with E-state index in [4.69, 9.17) is 21.1 Å². The molecule has 0 aromatic heterocycles. The molecule has 0 aliphatic rings. The second-order valence-corrected chi connectivity index (χ2v) is 6.83. The molecular weight excluding hydrogens is 358 g/mol. The van der Waals surface area contributed by atoms with Crippen molar-refractivity contribution in [1.82, 2.24) is 0 Å². The Kier molecular flexibility index (Phi) is 7.95. The van der Waals surface area contributed by atoms with E-state index in [1.54, 1.807) is 6.07 Å². The Hall–Kier alpha value is -1.85. The number of hydrogen-bond donors (Lipinski definition) is 1. The molecule has 0 saturated carbocycles. The highest BCUT2D eigenvalue weighted by atomic mass is 35.5. The van der Waals surface area contributed by atoms with Gasteiger partial charge in [-0.3, -0.25) is 4.79 Å². The average Bonchev–Trinajstić information content (AvgIpc) is 2.59. The molecule has 0 spiro atoms. The molecule has 1 N–H and O–H groups in total. The van der Waals surface area contributed by atoms with Gasteiger partial charge in [0.05, 0.1) is 19.0 Å². The van der Waals surface area contributed by atoms with Crippen LogP contribution in [0.15, 0.2) is 42.5 Å². The normalized spacial score (nSPS) is 10.4. The Balaban J connectivity index is 1.70. The van der Waals surface area contributed by atoms with Gasteiger partial charge < -0.3 is 14.8 Å². The quantitative estimate of drug-likeness (QED) is 0.636. The van der Waals surface area contributed by atoms with E-state index < -0.39 is 0 Å². The van der Waals surface area contributed by atoms with E-state index in [2.05, 4.69) is 5.32 Å². The first kappa shape index (κ1) is 19.5. The van der Waals surface area contributed by atoms with Gasteiger partial charge in [0.15, 0.2) is 11.5 Å². The van der Waals surface area contributed by atoms with Gasteiger partial charge in [-0.05, 0) is 49.7 Å². The van der Waals surface area contributed by atoms with Crippen molar-refractivity contribution < 1.29 is 14.3 Å². The topological polar surface area (TPSA) is 47.6 Å². The zero-order chi connectivity index (χ0) is 18.1. The number of halogens is 1. The second-order valence-electron chi connectivity index (χ2n) is 5.29. The molecule has 2 aromatic rings. The molecule has 0 radical (unpaired) electrons. The zero-order valence-corrected chi connectivity index (χ0v) is 16.0. The SMILES string of the molecule is CCOc1ccccc1OCCSCC(=O)Nc1ccc(Cl)cc1C. The Morgan fingerprint density at radius 1 is 1.16 bits per heavy atom. The molecule has 0 heterocycles. The van der Waals surface area contributed by atoms with E-state index in [0.29, 0.717) is 29.7 Å². The van der Waals surface area contributed by atoms with E-state index in [-0.39, 0.29) is 5.91 Å². The van der Waals surface area contributed by atoms with Crippen molar-refractivity contribution in [3.8, 4) is 11.5 Å². The summed E-state index contributed by atoms with van der Waals surface area (Å²) in [6.45, 7) is 4.97. The van der Waals surface area contributed by atoms with Crippen LogP contribution < -0.4 is 14.8 Å². The van der Waals surface area contributed by atoms with Gasteiger partial charge in [-0.25, -0.2) is 0 Å². The van der Waals surface area contributed by atoms with E-state index in [1.807, 2.05) is 50.2 Å². The fourth-order valence-corrected chi connectivity index (χ4v) is 3.00. The van der Waals surface area contributed by atoms with Gasteiger partial charge in [0, 0.05) is 16.5 Å². The molecule has 0 atom stereocenters. The predicted molar refractivity (Wildman–Crippen MR) is 105 cm³/mol. The van der Waals surface area contributed by atoms with Crippen molar-refractivity contribution in [2.75, 3.05) is 30.0 Å². The minimum absolute atomic E-state index is 0.0369. The van der Waals surface area contributed by atoms with E-state index >= 15 is 0 Å². The van der Waals surface area contributed by atoms with Crippen LogP contribution in [0.25, 0.3) is 0 Å². The van der Waals surface area contributed by atoms with Crippen molar-refractivity contribution in [1.29, 1.82) is 0 Å². The largest absolute Gasteiger partial charge is 0.490 e. The lowest BCUT2D eigenvalue weighted by Gasteiger charge is -2.11. The van der Waals surface area contributed by atoms with E-state index in [9.17, 15) is 4.79 Å². The van der Waals surface area contributed by atoms with Gasteiger partial charge in [0.1, 0.15) is 0 Å². The Morgan fingerprint density at radius 3 is 2.56 bits per heavy atom. The molecule has 25 heavy (non-hydrogen) atoms. The van der Waals surface area contributed by atoms with Crippen molar-refractivity contribution in [3.63, 3.8) is 0 Å². The van der Waals surface area contributed by atoms with Crippen LogP contribution in [0, 0.1) is 6.92 Å². The van der Waals surface area contributed by atoms with Crippen molar-refractivity contribution in [3.05, 3.63) is 53.1 Å². The summed E-state index contributed by atoms with van der Waals surface area (Å²) in [5.41, 5.74) is 1.73. The maximum Gasteiger partial charge on any atom is 0.234 e. The summed E-state index contributed by atoms with van der Waals surface area (Å²) in [7, 11) is 0. The summed E-state index contributed by atoms with van der Waals surface area (Å²) in [6.07, 6.45) is 0. The molecule has 0 unspecified atom stereocenters. The summed E-state index contributed by atoms with van der Waals surface area (Å²) < 4.78 is 11.2. The average molecular weight is 380 g/mol. The van der Waals surface area contributed by atoms with Gasteiger partial charge in [0.2, 0.25) is 5.91 Å². The number of amides is 1. The number of hydrogen-bond acceptors (Lipinski definition) is 4. The van der Waals surface area contributed by atoms with Crippen molar-refractivity contribution in [2.45, 2.75) is 13.8 Å². The molecular formula is C19H22ClNO3S. The summed E-state index contributed by atoms with van der Waals surface area (Å²) in [5.74, 6) is 2.52. The molecule has 0 fully saturated rings. The maximum atomic E-state index is 12.0. The molecule has 4 nitrogen and oxygen atoms in total. The van der Waals surface area contributed by atoms with Crippen LogP contribution in [0.4, 0.5) is 5.69 Å². The maximum absolute atomic E-state index is 12.0. The summed E-state index contributed by atoms with van der Waals surface area (Å²) in [6, 6.07) is 13.0. The number of benzene rings is 2. The fraction of sp³-hybridized carbons (Fsp3) is 0.316. The summed E-state index contributed by atoms with van der Waals surface area (Å²) in [5, 5.41) is 3.55. The highest BCUT2D eigenvalue weighted by molar-refractivity contribution is 7.99. The Labute approximate surface area is 157 Å². The van der Waals surface area contributed by atoms with E-state index in [1.165, 1.54) is 11.8 Å². The monoisotopic (exact) mass is 379 g/mol. The first-order chi connectivity index (χ1) is 12.1. The van der Waals surface area contributed by atoms with Crippen LogP contribution in [0.2, 0.25) is 5.02 Å². The number of aryl methyl sites for hydroxylation is 1. The Morgan fingerprint density at radius 2 is 1.88 bits per heavy atom. The fourth-order valence-electron chi connectivity index (χ4n) is 2.17. The van der Waals surface area contributed by atoms with Crippen LogP contribution in [0.1, 0.15) is 12.5 Å². The van der Waals surface area contributed by atoms with Crippen LogP contribution in [-0.2, 0) is 4.79 Å². The highest BCUT2D eigenvalue weighted by Gasteiger charge is 2.06. The number of anilines is 1. The number of carbonyl (C=O) groups is 1. The number of thioether (sulfide) groups is 1. The molecule has 0 bridgehead atoms. The molecule has 2 aromatic carbocycles. The van der Waals surface area contributed by atoms with Gasteiger partial charge in [0.25, 0.3) is 0 Å². The predicted octanol–water partition coefficient (Wildman–Crippen LogP) is 4.80. The van der Waals surface area contributed by atoms with Crippen LogP contribution in [-0.4, -0.2) is 30.6 Å². The van der Waals surface area contributed by atoms with Crippen molar-refractivity contribution >= 4 is 35.0 Å². The second kappa shape index (κ2) is 10.2. The van der Waals surface area contributed by atoms with Gasteiger partial charge in [-0.15, -0.1) is 11.8 Å². The lowest BCUT2D eigenvalue weighted by atomic mass is 10.2. The van der Waals surface area contributed by atoms with Crippen LogP contribution in [0.5, 0.6) is 11.5 Å². The standard InChI is InChI=1S/C19H22ClNO3S/c1-3-23-17-6-4-5-7-18(17)24-10-11-25-13-19(22)21-16-9-8-15(20)12-14(16)2/h4-9,12H,3,10-11,13H2,1-2H3,(H,21,22). The molecule has 6 heteroatoms. The number of para-hydroxylation sites is 2. The molecule has 1 amide bonds. The number of ether oxygens (including phenoxy) is 2. The molecule has 0 aliphatic heterocycles. The third-order valence-electron chi connectivity index (χ3n) is 3.33. The van der Waals surface area contributed by atoms with Gasteiger partial charge >= 0.3 is 0 Å². The third kappa shape index (κ3) is 6.52. The number of rotatable bonds is 9. The minimum atomic E-state index is -0.0369. The van der Waals surface area contributed by atoms with Gasteiger partial charge in [-0.1, -0.05) is 23.7 Å². The summed E-state index contributed by atoms with van der Waals surface area (Å²) >= 11 is 7.44. The lowest BCUT2D eigenvalue weighted by molar-refractivity contribution is -0.113. The first-order valence-corrected chi connectivity index (χ1v) is 9.61. The van der Waals surface area contributed by atoms with Crippen molar-refractivity contribution in [2.24, 2.45) is 0 Å². The Bertz CT molecular complexity index is 709. The van der Waals surface area contributed by atoms with Crippen LogP contribution >= 0.6 is 23.4 Å². The molecule has 134 valence electrons. The smallest absolute Gasteiger partial charge is 0.234 e. The van der Waals surface area contributed by atoms with Crippen LogP contribution in [0.3, 0.4) is 0 Å². The lowest BCUT2D eigenvalue weighted by Crippen LogP contribution is -2.16. The molecule has 0 aliphatic carbocycles. The third-order valence-corrected chi connectivity index (χ3v) is 4.49. The molecule has 2 rings (SSSR count). The molecule has 0 saturated heterocycles. The van der Waals surface area contributed by atoms with Gasteiger partial charge in [-0.2, -0.15) is 0 Å². The van der Waals surface area contributed by atoms with E-state index in [0.717, 1.165) is 22.7 Å². The highest BCUT2D eigenvalue weighted by Crippen LogP contribution is 2.26. The minimum Gasteiger partial charge on any atom is -0.490 e. The zero-order valence-electron chi connectivity index (χ0n) is 14.4. The first-order valence-electron chi connectivity index (χ1n) is 8.08. The summed E-state index contributed by atoms with van der Waals surface area (Å²) in [4.78, 5) is 12.0. The number of nitrogens with one attached hydrogen (secondary N) is 1.